The van der Waals surface area contributed by atoms with Crippen LogP contribution in [0.1, 0.15) is 37.8 Å². The highest BCUT2D eigenvalue weighted by molar-refractivity contribution is 7.88. The van der Waals surface area contributed by atoms with Crippen LogP contribution in [-0.2, 0) is 22.3 Å². The van der Waals surface area contributed by atoms with Crippen molar-refractivity contribution in [3.05, 3.63) is 35.4 Å². The van der Waals surface area contributed by atoms with Crippen LogP contribution in [-0.4, -0.2) is 21.5 Å². The highest BCUT2D eigenvalue weighted by Gasteiger charge is 2.37. The van der Waals surface area contributed by atoms with Gasteiger partial charge in [-0.1, -0.05) is 38.1 Å². The fourth-order valence-corrected chi connectivity index (χ4v) is 3.27. The van der Waals surface area contributed by atoms with Gasteiger partial charge in [-0.25, -0.2) is 13.1 Å². The molecule has 0 heterocycles. The first-order valence-corrected chi connectivity index (χ1v) is 8.84. The maximum Gasteiger partial charge on any atom is 0.215 e. The molecule has 1 fully saturated rings. The Morgan fingerprint density at radius 3 is 2.30 bits per heavy atom. The lowest BCUT2D eigenvalue weighted by Crippen LogP contribution is -2.30. The molecular formula is C15H24N2O2S. The van der Waals surface area contributed by atoms with E-state index >= 15 is 0 Å². The minimum Gasteiger partial charge on any atom is -0.313 e. The summed E-state index contributed by atoms with van der Waals surface area (Å²) in [5.74, 6) is 0.0601. The van der Waals surface area contributed by atoms with Crippen LogP contribution in [0.25, 0.3) is 0 Å². The van der Waals surface area contributed by atoms with Crippen molar-refractivity contribution in [2.75, 3.05) is 13.1 Å². The molecule has 1 aliphatic rings. The van der Waals surface area contributed by atoms with E-state index in [-0.39, 0.29) is 11.2 Å². The third-order valence-electron chi connectivity index (χ3n) is 3.78. The monoisotopic (exact) mass is 296 g/mol. The van der Waals surface area contributed by atoms with Crippen molar-refractivity contribution in [3.63, 3.8) is 0 Å². The van der Waals surface area contributed by atoms with Gasteiger partial charge in [-0.15, -0.1) is 0 Å². The lowest BCUT2D eigenvalue weighted by Gasteiger charge is -2.11. The van der Waals surface area contributed by atoms with E-state index in [0.29, 0.717) is 6.54 Å². The Bertz CT molecular complexity index is 533. The minimum atomic E-state index is -3.22. The third kappa shape index (κ3) is 4.89. The summed E-state index contributed by atoms with van der Waals surface area (Å²) in [6, 6.07) is 7.75. The van der Waals surface area contributed by atoms with E-state index in [9.17, 15) is 8.42 Å². The van der Waals surface area contributed by atoms with Gasteiger partial charge < -0.3 is 5.32 Å². The fraction of sp³-hybridized carbons (Fsp3) is 0.600. The summed E-state index contributed by atoms with van der Waals surface area (Å²) in [5, 5.41) is 3.25. The number of sulfonamides is 1. The quantitative estimate of drug-likeness (QED) is 0.771. The second-order valence-corrected chi connectivity index (χ2v) is 7.79. The molecular weight excluding hydrogens is 272 g/mol. The molecule has 0 bridgehead atoms. The van der Waals surface area contributed by atoms with Crippen LogP contribution in [0.15, 0.2) is 24.3 Å². The third-order valence-corrected chi connectivity index (χ3v) is 5.08. The Labute approximate surface area is 122 Å². The summed E-state index contributed by atoms with van der Waals surface area (Å²) in [7, 11) is -3.22. The first kappa shape index (κ1) is 15.5. The molecule has 2 N–H and O–H groups in total. The molecule has 1 aromatic rings. The van der Waals surface area contributed by atoms with E-state index in [4.69, 9.17) is 0 Å². The number of hydrogen-bond acceptors (Lipinski definition) is 3. The highest BCUT2D eigenvalue weighted by atomic mass is 32.2. The van der Waals surface area contributed by atoms with Crippen LogP contribution in [0, 0.1) is 5.41 Å². The Morgan fingerprint density at radius 2 is 1.75 bits per heavy atom. The van der Waals surface area contributed by atoms with Crippen LogP contribution in [0.2, 0.25) is 0 Å². The molecule has 0 saturated heterocycles. The van der Waals surface area contributed by atoms with Crippen LogP contribution in [0.3, 0.4) is 0 Å². The average molecular weight is 296 g/mol. The standard InChI is InChI=1S/C15H24N2O2S/c1-3-16-10-13-4-6-14(7-5-13)11-20(18,19)17-12-15(2)8-9-15/h4-7,16-17H,3,8-12H2,1-2H3. The van der Waals surface area contributed by atoms with Gasteiger partial charge in [0.1, 0.15) is 0 Å². The van der Waals surface area contributed by atoms with Crippen LogP contribution >= 0.6 is 0 Å². The maximum atomic E-state index is 12.0. The summed E-state index contributed by atoms with van der Waals surface area (Å²) in [5.41, 5.74) is 2.20. The van der Waals surface area contributed by atoms with Crippen molar-refractivity contribution in [3.8, 4) is 0 Å². The first-order chi connectivity index (χ1) is 9.42. The Morgan fingerprint density at radius 1 is 1.15 bits per heavy atom. The van der Waals surface area contributed by atoms with Crippen LogP contribution in [0.4, 0.5) is 0 Å². The maximum absolute atomic E-state index is 12.0. The van der Waals surface area contributed by atoms with E-state index in [1.165, 1.54) is 5.56 Å². The number of hydrogen-bond donors (Lipinski definition) is 2. The zero-order valence-corrected chi connectivity index (χ0v) is 13.1. The molecule has 0 atom stereocenters. The SMILES string of the molecule is CCNCc1ccc(CS(=O)(=O)NCC2(C)CC2)cc1. The number of nitrogens with one attached hydrogen (secondary N) is 2. The predicted molar refractivity (Wildman–Crippen MR) is 81.8 cm³/mol. The summed E-state index contributed by atoms with van der Waals surface area (Å²) in [4.78, 5) is 0. The number of rotatable bonds is 8. The molecule has 5 heteroatoms. The van der Waals surface area contributed by atoms with Gasteiger partial charge in [0, 0.05) is 13.1 Å². The van der Waals surface area contributed by atoms with E-state index in [0.717, 1.165) is 31.5 Å². The van der Waals surface area contributed by atoms with E-state index in [2.05, 4.69) is 23.9 Å². The lowest BCUT2D eigenvalue weighted by atomic mass is 10.1. The van der Waals surface area contributed by atoms with Gasteiger partial charge in [0.05, 0.1) is 5.75 Å². The normalized spacial score (nSPS) is 17.1. The Balaban J connectivity index is 1.87. The van der Waals surface area contributed by atoms with Crippen molar-refractivity contribution in [2.45, 2.75) is 39.0 Å². The first-order valence-electron chi connectivity index (χ1n) is 7.18. The Hall–Kier alpha value is -0.910. The molecule has 1 saturated carbocycles. The molecule has 0 unspecified atom stereocenters. The van der Waals surface area contributed by atoms with Gasteiger partial charge in [-0.05, 0) is 35.9 Å². The topological polar surface area (TPSA) is 58.2 Å². The summed E-state index contributed by atoms with van der Waals surface area (Å²) < 4.78 is 26.7. The largest absolute Gasteiger partial charge is 0.313 e. The van der Waals surface area contributed by atoms with E-state index in [1.807, 2.05) is 24.3 Å². The molecule has 1 aliphatic carbocycles. The highest BCUT2D eigenvalue weighted by Crippen LogP contribution is 2.44. The van der Waals surface area contributed by atoms with Crippen molar-refractivity contribution < 1.29 is 8.42 Å². The fourth-order valence-electron chi connectivity index (χ4n) is 1.97. The second-order valence-electron chi connectivity index (χ2n) is 5.99. The zero-order valence-electron chi connectivity index (χ0n) is 12.3. The van der Waals surface area contributed by atoms with Crippen molar-refractivity contribution in [1.82, 2.24) is 10.0 Å². The van der Waals surface area contributed by atoms with Gasteiger partial charge >= 0.3 is 0 Å². The van der Waals surface area contributed by atoms with Gasteiger partial charge in [0.15, 0.2) is 0 Å². The number of benzene rings is 1. The molecule has 0 aliphatic heterocycles. The molecule has 0 amide bonds. The lowest BCUT2D eigenvalue weighted by molar-refractivity contribution is 0.530. The average Bonchev–Trinajstić information content (AvgIpc) is 3.14. The molecule has 1 aromatic carbocycles. The zero-order chi connectivity index (χ0) is 14.6. The second kappa shape index (κ2) is 6.24. The summed E-state index contributed by atoms with van der Waals surface area (Å²) in [6.45, 7) is 6.49. The van der Waals surface area contributed by atoms with Crippen molar-refractivity contribution >= 4 is 10.0 Å². The summed E-state index contributed by atoms with van der Waals surface area (Å²) >= 11 is 0. The van der Waals surface area contributed by atoms with Crippen molar-refractivity contribution in [1.29, 1.82) is 0 Å². The Kier molecular flexibility index (Phi) is 4.83. The minimum absolute atomic E-state index is 0.0601. The molecule has 2 rings (SSSR count). The molecule has 112 valence electrons. The molecule has 0 spiro atoms. The van der Waals surface area contributed by atoms with Gasteiger partial charge in [-0.2, -0.15) is 0 Å². The van der Waals surface area contributed by atoms with E-state index in [1.54, 1.807) is 0 Å². The smallest absolute Gasteiger partial charge is 0.215 e. The van der Waals surface area contributed by atoms with Crippen LogP contribution < -0.4 is 10.0 Å². The molecule has 0 aromatic heterocycles. The van der Waals surface area contributed by atoms with Gasteiger partial charge in [0.2, 0.25) is 10.0 Å². The molecule has 4 nitrogen and oxygen atoms in total. The van der Waals surface area contributed by atoms with Gasteiger partial charge in [-0.3, -0.25) is 0 Å². The van der Waals surface area contributed by atoms with Crippen molar-refractivity contribution in [2.24, 2.45) is 5.41 Å². The van der Waals surface area contributed by atoms with Gasteiger partial charge in [0.25, 0.3) is 0 Å². The molecule has 0 radical (unpaired) electrons. The summed E-state index contributed by atoms with van der Waals surface area (Å²) in [6.07, 6.45) is 2.24. The molecule has 20 heavy (non-hydrogen) atoms. The van der Waals surface area contributed by atoms with E-state index < -0.39 is 10.0 Å². The van der Waals surface area contributed by atoms with Crippen LogP contribution in [0.5, 0.6) is 0 Å². The predicted octanol–water partition coefficient (Wildman–Crippen LogP) is 2.02.